The van der Waals surface area contributed by atoms with Gasteiger partial charge in [0.15, 0.2) is 0 Å². The van der Waals surface area contributed by atoms with Crippen LogP contribution in [0.5, 0.6) is 0 Å². The van der Waals surface area contributed by atoms with Gasteiger partial charge in [0.05, 0.1) is 30.0 Å². The SMILES string of the molecule is CN(C)c1ccc(CN2CCN(C3=CCC=C(c4nc(-c5cnn(C)c5)cn5ncc(C#N)c45)C=N3)CC2)cn1. The largest absolute Gasteiger partial charge is 0.363 e. The zero-order chi connectivity index (χ0) is 27.6. The zero-order valence-corrected chi connectivity index (χ0v) is 22.9. The summed E-state index contributed by atoms with van der Waals surface area (Å²) in [4.78, 5) is 21.2. The molecule has 4 aromatic heterocycles. The van der Waals surface area contributed by atoms with Gasteiger partial charge in [-0.1, -0.05) is 12.1 Å². The predicted octanol–water partition coefficient (Wildman–Crippen LogP) is 2.98. The molecule has 1 fully saturated rings. The molecule has 0 amide bonds. The van der Waals surface area contributed by atoms with E-state index in [4.69, 9.17) is 9.98 Å². The summed E-state index contributed by atoms with van der Waals surface area (Å²) in [5.74, 6) is 1.94. The van der Waals surface area contributed by atoms with Gasteiger partial charge in [-0.2, -0.15) is 15.5 Å². The molecule has 6 heterocycles. The number of nitriles is 1. The molecule has 0 N–H and O–H groups in total. The van der Waals surface area contributed by atoms with Crippen LogP contribution in [0.25, 0.3) is 22.3 Å². The van der Waals surface area contributed by atoms with Crippen LogP contribution < -0.4 is 4.90 Å². The van der Waals surface area contributed by atoms with Crippen LogP contribution in [0.2, 0.25) is 0 Å². The quantitative estimate of drug-likeness (QED) is 0.372. The Hall–Kier alpha value is -4.82. The van der Waals surface area contributed by atoms with Crippen molar-refractivity contribution in [3.63, 3.8) is 0 Å². The molecule has 0 bridgehead atoms. The summed E-state index contributed by atoms with van der Waals surface area (Å²) in [6, 6.07) is 6.48. The molecule has 0 radical (unpaired) electrons. The number of fused-ring (bicyclic) bond motifs is 1. The Morgan fingerprint density at radius 2 is 1.85 bits per heavy atom. The summed E-state index contributed by atoms with van der Waals surface area (Å²) in [6.07, 6.45) is 15.9. The number of pyridine rings is 1. The number of aliphatic imine (C=N–C) groups is 1. The zero-order valence-electron chi connectivity index (χ0n) is 22.9. The first-order valence-corrected chi connectivity index (χ1v) is 13.3. The molecule has 4 aromatic rings. The molecule has 1 saturated heterocycles. The van der Waals surface area contributed by atoms with Crippen LogP contribution in [0.15, 0.2) is 66.1 Å². The van der Waals surface area contributed by atoms with Crippen LogP contribution in [-0.2, 0) is 13.6 Å². The van der Waals surface area contributed by atoms with Crippen LogP contribution in [-0.4, -0.2) is 85.7 Å². The molecule has 0 saturated carbocycles. The summed E-state index contributed by atoms with van der Waals surface area (Å²) in [5, 5.41) is 18.4. The van der Waals surface area contributed by atoms with Gasteiger partial charge in [-0.05, 0) is 24.1 Å². The maximum Gasteiger partial charge on any atom is 0.127 e. The van der Waals surface area contributed by atoms with E-state index in [1.54, 1.807) is 21.6 Å². The Bertz CT molecular complexity index is 1660. The van der Waals surface area contributed by atoms with Gasteiger partial charge in [0.1, 0.15) is 28.8 Å². The van der Waals surface area contributed by atoms with Crippen molar-refractivity contribution in [3.05, 3.63) is 77.9 Å². The van der Waals surface area contributed by atoms with Crippen molar-refractivity contribution >= 4 is 23.1 Å². The third kappa shape index (κ3) is 5.09. The van der Waals surface area contributed by atoms with E-state index in [1.165, 1.54) is 5.56 Å². The lowest BCUT2D eigenvalue weighted by Crippen LogP contribution is -2.45. The second-order valence-corrected chi connectivity index (χ2v) is 10.2. The number of piperazine rings is 1. The molecular formula is C29H31N11. The normalized spacial score (nSPS) is 16.0. The van der Waals surface area contributed by atoms with Crippen molar-refractivity contribution < 1.29 is 0 Å². The van der Waals surface area contributed by atoms with Crippen LogP contribution in [0.1, 0.15) is 23.2 Å². The van der Waals surface area contributed by atoms with E-state index in [-0.39, 0.29) is 0 Å². The highest BCUT2D eigenvalue weighted by atomic mass is 15.3. The van der Waals surface area contributed by atoms with Gasteiger partial charge >= 0.3 is 0 Å². The van der Waals surface area contributed by atoms with Crippen molar-refractivity contribution in [3.8, 4) is 17.3 Å². The second-order valence-electron chi connectivity index (χ2n) is 10.2. The van der Waals surface area contributed by atoms with E-state index in [9.17, 15) is 5.26 Å². The fraction of sp³-hybridized carbons (Fsp3) is 0.310. The van der Waals surface area contributed by atoms with E-state index in [0.29, 0.717) is 16.8 Å². The van der Waals surface area contributed by atoms with E-state index < -0.39 is 0 Å². The molecule has 40 heavy (non-hydrogen) atoms. The van der Waals surface area contributed by atoms with Crippen molar-refractivity contribution in [2.24, 2.45) is 12.0 Å². The first kappa shape index (κ1) is 25.5. The van der Waals surface area contributed by atoms with Crippen molar-refractivity contribution in [1.82, 2.24) is 39.2 Å². The van der Waals surface area contributed by atoms with Gasteiger partial charge in [0.25, 0.3) is 0 Å². The van der Waals surface area contributed by atoms with Crippen molar-refractivity contribution in [1.29, 1.82) is 5.26 Å². The van der Waals surface area contributed by atoms with Gasteiger partial charge < -0.3 is 9.80 Å². The molecule has 11 nitrogen and oxygen atoms in total. The van der Waals surface area contributed by atoms with E-state index >= 15 is 0 Å². The lowest BCUT2D eigenvalue weighted by atomic mass is 10.1. The van der Waals surface area contributed by atoms with Gasteiger partial charge in [-0.15, -0.1) is 0 Å². The second kappa shape index (κ2) is 10.7. The summed E-state index contributed by atoms with van der Waals surface area (Å²) in [7, 11) is 5.88. The highest BCUT2D eigenvalue weighted by Crippen LogP contribution is 2.27. The third-order valence-electron chi connectivity index (χ3n) is 7.23. The van der Waals surface area contributed by atoms with E-state index in [0.717, 1.165) is 67.6 Å². The van der Waals surface area contributed by atoms with Gasteiger partial charge in [-0.25, -0.2) is 19.5 Å². The monoisotopic (exact) mass is 533 g/mol. The lowest BCUT2D eigenvalue weighted by molar-refractivity contribution is 0.151. The molecule has 11 heteroatoms. The number of nitrogens with zero attached hydrogens (tertiary/aromatic N) is 11. The molecule has 0 spiro atoms. The number of aryl methyl sites for hydroxylation is 1. The summed E-state index contributed by atoms with van der Waals surface area (Å²) in [6.45, 7) is 4.62. The fourth-order valence-electron chi connectivity index (χ4n) is 5.06. The summed E-state index contributed by atoms with van der Waals surface area (Å²) in [5.41, 5.74) is 5.56. The van der Waals surface area contributed by atoms with Crippen LogP contribution in [0.3, 0.4) is 0 Å². The third-order valence-corrected chi connectivity index (χ3v) is 7.23. The molecule has 2 aliphatic heterocycles. The molecule has 0 atom stereocenters. The maximum absolute atomic E-state index is 9.73. The molecule has 0 unspecified atom stereocenters. The van der Waals surface area contributed by atoms with Crippen molar-refractivity contribution in [2.75, 3.05) is 45.2 Å². The Morgan fingerprint density at radius 3 is 2.55 bits per heavy atom. The number of rotatable bonds is 6. The number of anilines is 1. The minimum atomic E-state index is 0.481. The average Bonchev–Trinajstić information content (AvgIpc) is 3.51. The highest BCUT2D eigenvalue weighted by molar-refractivity contribution is 6.12. The molecule has 202 valence electrons. The van der Waals surface area contributed by atoms with Crippen molar-refractivity contribution in [2.45, 2.75) is 13.0 Å². The summed E-state index contributed by atoms with van der Waals surface area (Å²) >= 11 is 0. The molecule has 0 aromatic carbocycles. The average molecular weight is 534 g/mol. The predicted molar refractivity (Wildman–Crippen MR) is 154 cm³/mol. The molecule has 2 aliphatic rings. The molecule has 0 aliphatic carbocycles. The topological polar surface area (TPSA) is 107 Å². The minimum absolute atomic E-state index is 0.481. The first-order chi connectivity index (χ1) is 19.5. The Balaban J connectivity index is 1.17. The molecular weight excluding hydrogens is 502 g/mol. The summed E-state index contributed by atoms with van der Waals surface area (Å²) < 4.78 is 3.46. The first-order valence-electron chi connectivity index (χ1n) is 13.3. The Kier molecular flexibility index (Phi) is 6.84. The standard InChI is InChI=1S/C29H31N11/c1-36(2)26-8-7-21(14-31-26)18-38-9-11-39(12-10-38)27-6-4-5-22(15-32-27)28-29-23(13-30)16-34-40(29)20-25(35-28)24-17-33-37(3)19-24/h5-8,14-17,19-20H,4,9-12,18H2,1-3H3. The van der Waals surface area contributed by atoms with Gasteiger partial charge in [-0.3, -0.25) is 9.58 Å². The van der Waals surface area contributed by atoms with Crippen LogP contribution >= 0.6 is 0 Å². The van der Waals surface area contributed by atoms with E-state index in [2.05, 4.69) is 55.3 Å². The lowest BCUT2D eigenvalue weighted by Gasteiger charge is -2.36. The van der Waals surface area contributed by atoms with Gasteiger partial charge in [0.2, 0.25) is 0 Å². The number of hydrogen-bond acceptors (Lipinski definition) is 9. The van der Waals surface area contributed by atoms with E-state index in [1.807, 2.05) is 50.8 Å². The number of hydrogen-bond donors (Lipinski definition) is 0. The Morgan fingerprint density at radius 1 is 1.00 bits per heavy atom. The Labute approximate surface area is 233 Å². The number of aromatic nitrogens is 6. The smallest absolute Gasteiger partial charge is 0.127 e. The number of allylic oxidation sites excluding steroid dienone is 3. The fourth-order valence-corrected chi connectivity index (χ4v) is 5.06. The van der Waals surface area contributed by atoms with Crippen LogP contribution in [0, 0.1) is 11.3 Å². The highest BCUT2D eigenvalue weighted by Gasteiger charge is 2.21. The molecule has 6 rings (SSSR count). The maximum atomic E-state index is 9.73. The van der Waals surface area contributed by atoms with Gasteiger partial charge in [0, 0.05) is 83.6 Å². The van der Waals surface area contributed by atoms with Crippen LogP contribution in [0.4, 0.5) is 5.82 Å². The minimum Gasteiger partial charge on any atom is -0.363 e.